The largest absolute Gasteiger partial charge is 0.357 e. The zero-order chi connectivity index (χ0) is 11.8. The van der Waals surface area contributed by atoms with E-state index < -0.39 is 0 Å². The zero-order valence-corrected chi connectivity index (χ0v) is 9.37. The SMILES string of the molecule is Cc1cc2ccnc(-c3ccc(F)cc3)c2[nH]1. The van der Waals surface area contributed by atoms with Crippen LogP contribution in [0.3, 0.4) is 0 Å². The Morgan fingerprint density at radius 3 is 2.65 bits per heavy atom. The third-order valence-electron chi connectivity index (χ3n) is 2.80. The first kappa shape index (κ1) is 10.0. The van der Waals surface area contributed by atoms with Crippen molar-refractivity contribution in [2.45, 2.75) is 6.92 Å². The number of aromatic amines is 1. The van der Waals surface area contributed by atoms with Gasteiger partial charge in [-0.1, -0.05) is 0 Å². The van der Waals surface area contributed by atoms with Crippen molar-refractivity contribution in [3.63, 3.8) is 0 Å². The van der Waals surface area contributed by atoms with Gasteiger partial charge in [0.15, 0.2) is 0 Å². The fourth-order valence-electron chi connectivity index (χ4n) is 2.02. The Kier molecular flexibility index (Phi) is 2.18. The van der Waals surface area contributed by atoms with E-state index >= 15 is 0 Å². The molecule has 0 spiro atoms. The Balaban J connectivity index is 2.26. The van der Waals surface area contributed by atoms with Crippen molar-refractivity contribution < 1.29 is 4.39 Å². The zero-order valence-electron chi connectivity index (χ0n) is 9.37. The number of pyridine rings is 1. The van der Waals surface area contributed by atoms with Crippen LogP contribution in [0.1, 0.15) is 5.69 Å². The summed E-state index contributed by atoms with van der Waals surface area (Å²) in [5.41, 5.74) is 3.86. The maximum Gasteiger partial charge on any atom is 0.123 e. The van der Waals surface area contributed by atoms with E-state index in [1.165, 1.54) is 12.1 Å². The molecule has 0 saturated heterocycles. The van der Waals surface area contributed by atoms with Crippen LogP contribution in [-0.4, -0.2) is 9.97 Å². The molecule has 2 aromatic heterocycles. The summed E-state index contributed by atoms with van der Waals surface area (Å²) in [6.45, 7) is 2.01. The van der Waals surface area contributed by atoms with Crippen LogP contribution in [-0.2, 0) is 0 Å². The van der Waals surface area contributed by atoms with E-state index in [0.717, 1.165) is 27.9 Å². The minimum atomic E-state index is -0.233. The van der Waals surface area contributed by atoms with Crippen LogP contribution in [0.5, 0.6) is 0 Å². The van der Waals surface area contributed by atoms with Crippen LogP contribution < -0.4 is 0 Å². The number of nitrogens with one attached hydrogen (secondary N) is 1. The van der Waals surface area contributed by atoms with Crippen molar-refractivity contribution in [3.05, 3.63) is 54.1 Å². The topological polar surface area (TPSA) is 28.7 Å². The van der Waals surface area contributed by atoms with E-state index in [0.29, 0.717) is 0 Å². The summed E-state index contributed by atoms with van der Waals surface area (Å²) in [7, 11) is 0. The fraction of sp³-hybridized carbons (Fsp3) is 0.0714. The van der Waals surface area contributed by atoms with Crippen molar-refractivity contribution in [1.29, 1.82) is 0 Å². The van der Waals surface area contributed by atoms with Crippen molar-refractivity contribution in [2.75, 3.05) is 0 Å². The van der Waals surface area contributed by atoms with E-state index in [4.69, 9.17) is 0 Å². The van der Waals surface area contributed by atoms with Crippen molar-refractivity contribution in [2.24, 2.45) is 0 Å². The molecule has 0 aliphatic heterocycles. The standard InChI is InChI=1S/C14H11FN2/c1-9-8-11-6-7-16-13(14(11)17-9)10-2-4-12(15)5-3-10/h2-8,17H,1H3. The minimum absolute atomic E-state index is 0.233. The van der Waals surface area contributed by atoms with Gasteiger partial charge < -0.3 is 4.98 Å². The molecule has 0 fully saturated rings. The molecule has 0 aliphatic rings. The summed E-state index contributed by atoms with van der Waals surface area (Å²) in [6, 6.07) is 10.4. The molecule has 0 saturated carbocycles. The molecule has 1 N–H and O–H groups in total. The smallest absolute Gasteiger partial charge is 0.123 e. The molecular formula is C14H11FN2. The summed E-state index contributed by atoms with van der Waals surface area (Å²) in [5.74, 6) is -0.233. The predicted molar refractivity (Wildman–Crippen MR) is 66.2 cm³/mol. The molecule has 2 nitrogen and oxygen atoms in total. The second-order valence-corrected chi connectivity index (χ2v) is 4.08. The Labute approximate surface area is 98.1 Å². The van der Waals surface area contributed by atoms with E-state index in [1.807, 2.05) is 13.0 Å². The monoisotopic (exact) mass is 226 g/mol. The first-order valence-electron chi connectivity index (χ1n) is 5.44. The van der Waals surface area contributed by atoms with Gasteiger partial charge in [-0.15, -0.1) is 0 Å². The molecular weight excluding hydrogens is 215 g/mol. The maximum absolute atomic E-state index is 12.9. The summed E-state index contributed by atoms with van der Waals surface area (Å²) >= 11 is 0. The fourth-order valence-corrected chi connectivity index (χ4v) is 2.02. The maximum atomic E-state index is 12.9. The van der Waals surface area contributed by atoms with Gasteiger partial charge in [0.25, 0.3) is 0 Å². The molecule has 3 aromatic rings. The summed E-state index contributed by atoms with van der Waals surface area (Å²) < 4.78 is 12.9. The quantitative estimate of drug-likeness (QED) is 0.673. The highest BCUT2D eigenvalue weighted by Gasteiger charge is 2.07. The van der Waals surface area contributed by atoms with E-state index in [9.17, 15) is 4.39 Å². The molecule has 0 unspecified atom stereocenters. The number of H-pyrrole nitrogens is 1. The molecule has 2 heterocycles. The second kappa shape index (κ2) is 3.70. The van der Waals surface area contributed by atoms with Gasteiger partial charge in [0, 0.05) is 22.8 Å². The molecule has 0 aliphatic carbocycles. The highest BCUT2D eigenvalue weighted by Crippen LogP contribution is 2.26. The predicted octanol–water partition coefficient (Wildman–Crippen LogP) is 3.68. The van der Waals surface area contributed by atoms with Crippen LogP contribution in [0.2, 0.25) is 0 Å². The molecule has 3 heteroatoms. The minimum Gasteiger partial charge on any atom is -0.357 e. The van der Waals surface area contributed by atoms with Crippen molar-refractivity contribution in [3.8, 4) is 11.3 Å². The first-order chi connectivity index (χ1) is 8.24. The molecule has 0 amide bonds. The highest BCUT2D eigenvalue weighted by atomic mass is 19.1. The van der Waals surface area contributed by atoms with E-state index in [1.54, 1.807) is 18.3 Å². The lowest BCUT2D eigenvalue weighted by atomic mass is 10.1. The molecule has 0 bridgehead atoms. The Morgan fingerprint density at radius 2 is 1.88 bits per heavy atom. The van der Waals surface area contributed by atoms with Gasteiger partial charge in [0.1, 0.15) is 5.82 Å². The van der Waals surface area contributed by atoms with Crippen LogP contribution in [0.4, 0.5) is 4.39 Å². The lowest BCUT2D eigenvalue weighted by molar-refractivity contribution is 0.628. The van der Waals surface area contributed by atoms with E-state index in [-0.39, 0.29) is 5.82 Å². The van der Waals surface area contributed by atoms with Crippen LogP contribution in [0, 0.1) is 12.7 Å². The number of nitrogens with zero attached hydrogens (tertiary/aromatic N) is 1. The van der Waals surface area contributed by atoms with Gasteiger partial charge in [-0.3, -0.25) is 4.98 Å². The molecule has 1 aromatic carbocycles. The third-order valence-corrected chi connectivity index (χ3v) is 2.80. The number of aromatic nitrogens is 2. The lowest BCUT2D eigenvalue weighted by Gasteiger charge is -2.02. The molecule has 17 heavy (non-hydrogen) atoms. The van der Waals surface area contributed by atoms with Gasteiger partial charge >= 0.3 is 0 Å². The number of hydrogen-bond acceptors (Lipinski definition) is 1. The second-order valence-electron chi connectivity index (χ2n) is 4.08. The Bertz CT molecular complexity index is 668. The van der Waals surface area contributed by atoms with Crippen LogP contribution >= 0.6 is 0 Å². The number of fused-ring (bicyclic) bond motifs is 1. The lowest BCUT2D eigenvalue weighted by Crippen LogP contribution is -1.85. The average molecular weight is 226 g/mol. The average Bonchev–Trinajstić information content (AvgIpc) is 2.70. The van der Waals surface area contributed by atoms with Crippen LogP contribution in [0.25, 0.3) is 22.2 Å². The number of benzene rings is 1. The molecule has 0 atom stereocenters. The van der Waals surface area contributed by atoms with Crippen LogP contribution in [0.15, 0.2) is 42.6 Å². The molecule has 0 radical (unpaired) electrons. The van der Waals surface area contributed by atoms with Gasteiger partial charge in [-0.25, -0.2) is 4.39 Å². The van der Waals surface area contributed by atoms with Crippen molar-refractivity contribution in [1.82, 2.24) is 9.97 Å². The molecule has 3 rings (SSSR count). The number of halogens is 1. The molecule has 84 valence electrons. The van der Waals surface area contributed by atoms with Gasteiger partial charge in [0.2, 0.25) is 0 Å². The van der Waals surface area contributed by atoms with Crippen molar-refractivity contribution >= 4 is 10.9 Å². The van der Waals surface area contributed by atoms with E-state index in [2.05, 4.69) is 16.0 Å². The number of rotatable bonds is 1. The highest BCUT2D eigenvalue weighted by molar-refractivity contribution is 5.92. The van der Waals surface area contributed by atoms with Gasteiger partial charge in [-0.2, -0.15) is 0 Å². The summed E-state index contributed by atoms with van der Waals surface area (Å²) in [4.78, 5) is 7.65. The number of hydrogen-bond donors (Lipinski definition) is 1. The number of aryl methyl sites for hydroxylation is 1. The Morgan fingerprint density at radius 1 is 1.12 bits per heavy atom. The summed E-state index contributed by atoms with van der Waals surface area (Å²) in [5, 5.41) is 1.12. The first-order valence-corrected chi connectivity index (χ1v) is 5.44. The normalized spacial score (nSPS) is 10.9. The Hall–Kier alpha value is -2.16. The van der Waals surface area contributed by atoms with Gasteiger partial charge in [0.05, 0.1) is 11.2 Å². The third kappa shape index (κ3) is 1.69. The summed E-state index contributed by atoms with van der Waals surface area (Å²) in [6.07, 6.45) is 1.77. The van der Waals surface area contributed by atoms with Gasteiger partial charge in [-0.05, 0) is 43.3 Å².